The predicted octanol–water partition coefficient (Wildman–Crippen LogP) is 10.6. The Kier molecular flexibility index (Phi) is 17.0. The van der Waals surface area contributed by atoms with Gasteiger partial charge < -0.3 is 4.74 Å². The highest BCUT2D eigenvalue weighted by Gasteiger charge is 2.30. The highest BCUT2D eigenvalue weighted by Crippen LogP contribution is 2.41. The summed E-state index contributed by atoms with van der Waals surface area (Å²) in [5.41, 5.74) is 0. The highest BCUT2D eigenvalue weighted by molar-refractivity contribution is 4.82. The van der Waals surface area contributed by atoms with Crippen LogP contribution in [0.4, 0.5) is 0 Å². The molecule has 1 nitrogen and oxygen atoms in total. The fourth-order valence-electron chi connectivity index (χ4n) is 6.55. The van der Waals surface area contributed by atoms with Crippen molar-refractivity contribution < 1.29 is 4.74 Å². The van der Waals surface area contributed by atoms with Gasteiger partial charge in [-0.05, 0) is 62.7 Å². The van der Waals surface area contributed by atoms with Gasteiger partial charge >= 0.3 is 0 Å². The van der Waals surface area contributed by atoms with Crippen LogP contribution in [0.1, 0.15) is 168 Å². The van der Waals surface area contributed by atoms with E-state index in [1.54, 1.807) is 0 Å². The third-order valence-electron chi connectivity index (χ3n) is 8.84. The van der Waals surface area contributed by atoms with E-state index in [0.29, 0.717) is 6.10 Å². The average Bonchev–Trinajstić information content (AvgIpc) is 2.83. The minimum Gasteiger partial charge on any atom is -0.378 e. The van der Waals surface area contributed by atoms with Gasteiger partial charge in [-0.15, -0.1) is 0 Å². The van der Waals surface area contributed by atoms with Gasteiger partial charge in [-0.2, -0.15) is 0 Å². The molecule has 0 aromatic carbocycles. The average molecular weight is 449 g/mol. The van der Waals surface area contributed by atoms with E-state index in [-0.39, 0.29) is 0 Å². The van der Waals surface area contributed by atoms with Crippen LogP contribution < -0.4 is 0 Å². The topological polar surface area (TPSA) is 9.23 Å². The van der Waals surface area contributed by atoms with Gasteiger partial charge in [0.2, 0.25) is 0 Å². The zero-order valence-electron chi connectivity index (χ0n) is 22.4. The molecule has 32 heavy (non-hydrogen) atoms. The maximum Gasteiger partial charge on any atom is 0.0575 e. The Morgan fingerprint density at radius 2 is 0.906 bits per heavy atom. The third-order valence-corrected chi connectivity index (χ3v) is 8.84. The second-order valence-electron chi connectivity index (χ2n) is 11.6. The van der Waals surface area contributed by atoms with E-state index in [1.807, 2.05) is 0 Å². The molecule has 2 aliphatic rings. The molecular formula is C31H60O. The molecule has 0 amide bonds. The molecule has 2 rings (SSSR count). The Balaban J connectivity index is 1.41. The second-order valence-corrected chi connectivity index (χ2v) is 11.6. The molecule has 2 aliphatic carbocycles. The molecule has 0 unspecified atom stereocenters. The third kappa shape index (κ3) is 13.0. The van der Waals surface area contributed by atoms with Crippen LogP contribution in [0.2, 0.25) is 0 Å². The molecule has 0 N–H and O–H groups in total. The summed E-state index contributed by atoms with van der Waals surface area (Å²) in [4.78, 5) is 0. The molecule has 0 spiro atoms. The number of hydrogen-bond donors (Lipinski definition) is 0. The Bertz CT molecular complexity index is 351. The van der Waals surface area contributed by atoms with E-state index < -0.39 is 0 Å². The van der Waals surface area contributed by atoms with Crippen LogP contribution in [0.25, 0.3) is 0 Å². The molecular weight excluding hydrogens is 388 g/mol. The molecule has 190 valence electrons. The van der Waals surface area contributed by atoms with Gasteiger partial charge in [-0.25, -0.2) is 0 Å². The van der Waals surface area contributed by atoms with Gasteiger partial charge in [-0.3, -0.25) is 0 Å². The summed E-state index contributed by atoms with van der Waals surface area (Å²) in [7, 11) is 0. The predicted molar refractivity (Wildman–Crippen MR) is 142 cm³/mol. The van der Waals surface area contributed by atoms with Crippen molar-refractivity contribution in [2.75, 3.05) is 6.61 Å². The fourth-order valence-corrected chi connectivity index (χ4v) is 6.55. The van der Waals surface area contributed by atoms with Crippen LogP contribution in [0.15, 0.2) is 0 Å². The van der Waals surface area contributed by atoms with E-state index in [2.05, 4.69) is 13.8 Å². The maximum absolute atomic E-state index is 6.25. The van der Waals surface area contributed by atoms with Crippen molar-refractivity contribution in [3.63, 3.8) is 0 Å². The number of ether oxygens (including phenoxy) is 1. The maximum atomic E-state index is 6.25. The van der Waals surface area contributed by atoms with Gasteiger partial charge in [0.05, 0.1) is 6.10 Å². The van der Waals surface area contributed by atoms with Crippen molar-refractivity contribution in [1.29, 1.82) is 0 Å². The van der Waals surface area contributed by atoms with Crippen LogP contribution in [-0.4, -0.2) is 12.7 Å². The van der Waals surface area contributed by atoms with E-state index >= 15 is 0 Å². The molecule has 0 aromatic rings. The van der Waals surface area contributed by atoms with Gasteiger partial charge in [0.25, 0.3) is 0 Å². The Morgan fingerprint density at radius 3 is 1.44 bits per heavy atom. The quantitative estimate of drug-likeness (QED) is 0.178. The van der Waals surface area contributed by atoms with Crippen LogP contribution >= 0.6 is 0 Å². The number of rotatable bonds is 19. The Hall–Kier alpha value is -0.0400. The molecule has 0 heterocycles. The standard InChI is InChI=1S/C31H60O/c1-3-5-7-9-11-12-14-16-18-28-19-21-29(22-20-28)30-23-25-31(26-24-30)32-27-17-15-13-10-8-6-4-2/h28-31H,3-27H2,1-2H3. The van der Waals surface area contributed by atoms with E-state index in [0.717, 1.165) is 24.4 Å². The summed E-state index contributed by atoms with van der Waals surface area (Å²) < 4.78 is 6.25. The SMILES string of the molecule is CCCCCCCCCCC1CCC(C2CCC(OCCCCCCCCC)CC2)CC1. The highest BCUT2D eigenvalue weighted by atomic mass is 16.5. The lowest BCUT2D eigenvalue weighted by Gasteiger charge is -2.38. The minimum atomic E-state index is 0.588. The van der Waals surface area contributed by atoms with E-state index in [1.165, 1.54) is 154 Å². The van der Waals surface area contributed by atoms with Gasteiger partial charge in [-0.1, -0.05) is 123 Å². The monoisotopic (exact) mass is 448 g/mol. The lowest BCUT2D eigenvalue weighted by Crippen LogP contribution is -2.28. The molecule has 0 aromatic heterocycles. The van der Waals surface area contributed by atoms with Gasteiger partial charge in [0.15, 0.2) is 0 Å². The van der Waals surface area contributed by atoms with Gasteiger partial charge in [0.1, 0.15) is 0 Å². The van der Waals surface area contributed by atoms with Crippen molar-refractivity contribution in [3.8, 4) is 0 Å². The first kappa shape index (κ1) is 28.2. The zero-order valence-corrected chi connectivity index (χ0v) is 22.4. The smallest absolute Gasteiger partial charge is 0.0575 e. The lowest BCUT2D eigenvalue weighted by atomic mass is 9.70. The second kappa shape index (κ2) is 19.3. The lowest BCUT2D eigenvalue weighted by molar-refractivity contribution is 0.00526. The summed E-state index contributed by atoms with van der Waals surface area (Å²) in [6, 6.07) is 0. The van der Waals surface area contributed by atoms with Crippen molar-refractivity contribution in [1.82, 2.24) is 0 Å². The van der Waals surface area contributed by atoms with E-state index in [4.69, 9.17) is 4.74 Å². The molecule has 0 aliphatic heterocycles. The summed E-state index contributed by atoms with van der Waals surface area (Å²) in [5.74, 6) is 3.14. The largest absolute Gasteiger partial charge is 0.378 e. The van der Waals surface area contributed by atoms with Crippen molar-refractivity contribution in [2.45, 2.75) is 174 Å². The van der Waals surface area contributed by atoms with Gasteiger partial charge in [0, 0.05) is 6.61 Å². The van der Waals surface area contributed by atoms with Crippen molar-refractivity contribution >= 4 is 0 Å². The van der Waals surface area contributed by atoms with Crippen LogP contribution in [-0.2, 0) is 4.74 Å². The first-order valence-electron chi connectivity index (χ1n) is 15.4. The molecule has 2 fully saturated rings. The van der Waals surface area contributed by atoms with E-state index in [9.17, 15) is 0 Å². The van der Waals surface area contributed by atoms with Crippen LogP contribution in [0.5, 0.6) is 0 Å². The molecule has 1 heteroatoms. The summed E-state index contributed by atoms with van der Waals surface area (Å²) in [6.07, 6.45) is 35.3. The summed E-state index contributed by atoms with van der Waals surface area (Å²) in [6.45, 7) is 5.63. The molecule has 0 atom stereocenters. The molecule has 2 saturated carbocycles. The Labute approximate surface area is 203 Å². The van der Waals surface area contributed by atoms with Crippen LogP contribution in [0.3, 0.4) is 0 Å². The molecule has 0 saturated heterocycles. The first-order chi connectivity index (χ1) is 15.8. The fraction of sp³-hybridized carbons (Fsp3) is 1.00. The molecule has 0 bridgehead atoms. The summed E-state index contributed by atoms with van der Waals surface area (Å²) >= 11 is 0. The first-order valence-corrected chi connectivity index (χ1v) is 15.4. The number of hydrogen-bond acceptors (Lipinski definition) is 1. The molecule has 0 radical (unpaired) electrons. The van der Waals surface area contributed by atoms with Crippen LogP contribution in [0, 0.1) is 17.8 Å². The summed E-state index contributed by atoms with van der Waals surface area (Å²) in [5, 5.41) is 0. The Morgan fingerprint density at radius 1 is 0.469 bits per heavy atom. The number of unbranched alkanes of at least 4 members (excludes halogenated alkanes) is 13. The van der Waals surface area contributed by atoms with Crippen molar-refractivity contribution in [3.05, 3.63) is 0 Å². The normalized spacial score (nSPS) is 26.4. The minimum absolute atomic E-state index is 0.588. The zero-order chi connectivity index (χ0) is 22.7. The van der Waals surface area contributed by atoms with Crippen molar-refractivity contribution in [2.24, 2.45) is 17.8 Å².